The summed E-state index contributed by atoms with van der Waals surface area (Å²) in [6.45, 7) is 5.96. The van der Waals surface area contributed by atoms with Crippen LogP contribution < -0.4 is 20.1 Å². The van der Waals surface area contributed by atoms with Crippen LogP contribution >= 0.6 is 0 Å². The number of benzene rings is 1. The molecule has 1 spiro atoms. The molecular weight excluding hydrogens is 362 g/mol. The van der Waals surface area contributed by atoms with Gasteiger partial charge in [-0.15, -0.1) is 0 Å². The molecule has 2 heterocycles. The van der Waals surface area contributed by atoms with E-state index in [1.54, 1.807) is 23.1 Å². The first-order valence-electron chi connectivity index (χ1n) is 9.81. The normalized spacial score (nSPS) is 18.0. The molecule has 2 N–H and O–H groups in total. The smallest absolute Gasteiger partial charge is 0.322 e. The zero-order chi connectivity index (χ0) is 20.1. The molecule has 2 aliphatic rings. The number of amides is 4. The molecule has 1 aromatic carbocycles. The van der Waals surface area contributed by atoms with Crippen molar-refractivity contribution in [2.45, 2.75) is 45.1 Å². The highest BCUT2D eigenvalue weighted by atomic mass is 16.5. The van der Waals surface area contributed by atoms with Crippen LogP contribution in [-0.2, 0) is 4.79 Å². The van der Waals surface area contributed by atoms with Crippen molar-refractivity contribution in [2.75, 3.05) is 26.3 Å². The fraction of sp³-hybridized carbons (Fsp3) is 0.550. The second-order valence-electron chi connectivity index (χ2n) is 7.14. The van der Waals surface area contributed by atoms with E-state index in [0.29, 0.717) is 56.2 Å². The second kappa shape index (κ2) is 8.50. The Morgan fingerprint density at radius 2 is 1.71 bits per heavy atom. The molecule has 8 heteroatoms. The van der Waals surface area contributed by atoms with Crippen LogP contribution in [0.3, 0.4) is 0 Å². The minimum absolute atomic E-state index is 0.122. The first kappa shape index (κ1) is 20.0. The van der Waals surface area contributed by atoms with E-state index in [2.05, 4.69) is 10.6 Å². The average molecular weight is 389 g/mol. The largest absolute Gasteiger partial charge is 0.490 e. The zero-order valence-electron chi connectivity index (χ0n) is 16.4. The lowest BCUT2D eigenvalue weighted by atomic mass is 9.87. The zero-order valence-corrected chi connectivity index (χ0v) is 16.4. The van der Waals surface area contributed by atoms with Gasteiger partial charge in [0.15, 0.2) is 11.5 Å². The van der Waals surface area contributed by atoms with Crippen molar-refractivity contribution in [3.05, 3.63) is 23.8 Å². The third kappa shape index (κ3) is 4.05. The molecule has 0 bridgehead atoms. The van der Waals surface area contributed by atoms with Crippen LogP contribution in [0.5, 0.6) is 11.5 Å². The van der Waals surface area contributed by atoms with Gasteiger partial charge in [-0.05, 0) is 43.9 Å². The third-order valence-corrected chi connectivity index (χ3v) is 5.03. The number of carbonyl (C=O) groups excluding carboxylic acids is 3. The summed E-state index contributed by atoms with van der Waals surface area (Å²) in [5.74, 6) is 0.770. The molecule has 0 radical (unpaired) electrons. The summed E-state index contributed by atoms with van der Waals surface area (Å²) >= 11 is 0. The van der Waals surface area contributed by atoms with Crippen LogP contribution in [0.15, 0.2) is 18.2 Å². The topological polar surface area (TPSA) is 97.0 Å². The van der Waals surface area contributed by atoms with Gasteiger partial charge in [0, 0.05) is 18.7 Å². The van der Waals surface area contributed by atoms with Crippen molar-refractivity contribution in [3.8, 4) is 11.5 Å². The molecule has 1 aromatic rings. The van der Waals surface area contributed by atoms with Crippen molar-refractivity contribution in [2.24, 2.45) is 0 Å². The Labute approximate surface area is 164 Å². The predicted octanol–water partition coefficient (Wildman–Crippen LogP) is 2.08. The standard InChI is InChI=1S/C20H27N3O5/c1-3-11-27-15-6-5-14(13-16(15)28-12-4-2)17(24)23-9-7-20(8-10-23)18(25)21-19(26)22-20/h5-6,13H,3-4,7-12H2,1-2H3,(H2,21,22,25,26). The fourth-order valence-electron chi connectivity index (χ4n) is 3.45. The molecule has 2 aliphatic heterocycles. The third-order valence-electron chi connectivity index (χ3n) is 5.03. The summed E-state index contributed by atoms with van der Waals surface area (Å²) in [6, 6.07) is 4.76. The highest BCUT2D eigenvalue weighted by Crippen LogP contribution is 2.31. The number of carbonyl (C=O) groups is 3. The lowest BCUT2D eigenvalue weighted by Gasteiger charge is -2.37. The van der Waals surface area contributed by atoms with Crippen LogP contribution in [0.1, 0.15) is 49.9 Å². The maximum Gasteiger partial charge on any atom is 0.322 e. The summed E-state index contributed by atoms with van der Waals surface area (Å²) < 4.78 is 11.5. The van der Waals surface area contributed by atoms with Gasteiger partial charge in [0.2, 0.25) is 0 Å². The summed E-state index contributed by atoms with van der Waals surface area (Å²) in [6.07, 6.45) is 2.53. The number of imide groups is 1. The van der Waals surface area contributed by atoms with E-state index in [4.69, 9.17) is 9.47 Å². The fourth-order valence-corrected chi connectivity index (χ4v) is 3.45. The number of nitrogens with one attached hydrogen (secondary N) is 2. The Morgan fingerprint density at radius 3 is 2.29 bits per heavy atom. The number of nitrogens with zero attached hydrogens (tertiary/aromatic N) is 1. The quantitative estimate of drug-likeness (QED) is 0.696. The van der Waals surface area contributed by atoms with Gasteiger partial charge in [0.25, 0.3) is 11.8 Å². The molecule has 2 fully saturated rings. The van der Waals surface area contributed by atoms with Gasteiger partial charge in [-0.1, -0.05) is 13.8 Å². The molecule has 0 saturated carbocycles. The van der Waals surface area contributed by atoms with Gasteiger partial charge in [-0.2, -0.15) is 0 Å². The van der Waals surface area contributed by atoms with Crippen LogP contribution in [0.2, 0.25) is 0 Å². The van der Waals surface area contributed by atoms with Gasteiger partial charge in [0.1, 0.15) is 5.54 Å². The molecule has 0 atom stereocenters. The van der Waals surface area contributed by atoms with E-state index in [1.807, 2.05) is 13.8 Å². The Bertz CT molecular complexity index is 756. The molecular formula is C20H27N3O5. The SMILES string of the molecule is CCCOc1ccc(C(=O)N2CCC3(CC2)NC(=O)NC3=O)cc1OCCC. The van der Waals surface area contributed by atoms with Gasteiger partial charge in [-0.3, -0.25) is 14.9 Å². The number of ether oxygens (including phenoxy) is 2. The monoisotopic (exact) mass is 389 g/mol. The number of hydrogen-bond acceptors (Lipinski definition) is 5. The van der Waals surface area contributed by atoms with Crippen LogP contribution in [0.4, 0.5) is 4.79 Å². The lowest BCUT2D eigenvalue weighted by Crippen LogP contribution is -2.55. The highest BCUT2D eigenvalue weighted by molar-refractivity contribution is 6.07. The molecule has 28 heavy (non-hydrogen) atoms. The number of urea groups is 1. The van der Waals surface area contributed by atoms with Crippen molar-refractivity contribution in [1.82, 2.24) is 15.5 Å². The van der Waals surface area contributed by atoms with Gasteiger partial charge >= 0.3 is 6.03 Å². The molecule has 0 aromatic heterocycles. The maximum atomic E-state index is 12.9. The van der Waals surface area contributed by atoms with Gasteiger partial charge < -0.3 is 19.7 Å². The molecule has 8 nitrogen and oxygen atoms in total. The van der Waals surface area contributed by atoms with E-state index in [1.165, 1.54) is 0 Å². The van der Waals surface area contributed by atoms with Crippen molar-refractivity contribution in [1.29, 1.82) is 0 Å². The van der Waals surface area contributed by atoms with E-state index >= 15 is 0 Å². The molecule has 152 valence electrons. The summed E-state index contributed by atoms with van der Waals surface area (Å²) in [7, 11) is 0. The van der Waals surface area contributed by atoms with E-state index < -0.39 is 11.6 Å². The molecule has 3 rings (SSSR count). The van der Waals surface area contributed by atoms with Crippen LogP contribution in [0, 0.1) is 0 Å². The van der Waals surface area contributed by atoms with Crippen LogP contribution in [-0.4, -0.2) is 54.6 Å². The Balaban J connectivity index is 1.70. The number of likely N-dealkylation sites (tertiary alicyclic amines) is 1. The number of piperidine rings is 1. The molecule has 0 unspecified atom stereocenters. The van der Waals surface area contributed by atoms with E-state index in [-0.39, 0.29) is 11.8 Å². The Morgan fingerprint density at radius 1 is 1.07 bits per heavy atom. The van der Waals surface area contributed by atoms with Gasteiger partial charge in [-0.25, -0.2) is 4.79 Å². The summed E-state index contributed by atoms with van der Waals surface area (Å²) in [5.41, 5.74) is -0.369. The van der Waals surface area contributed by atoms with Crippen molar-refractivity contribution >= 4 is 17.8 Å². The Hall–Kier alpha value is -2.77. The van der Waals surface area contributed by atoms with Gasteiger partial charge in [0.05, 0.1) is 13.2 Å². The minimum Gasteiger partial charge on any atom is -0.490 e. The summed E-state index contributed by atoms with van der Waals surface area (Å²) in [4.78, 5) is 38.1. The second-order valence-corrected chi connectivity index (χ2v) is 7.14. The average Bonchev–Trinajstić information content (AvgIpc) is 2.97. The highest BCUT2D eigenvalue weighted by Gasteiger charge is 2.48. The van der Waals surface area contributed by atoms with Crippen LogP contribution in [0.25, 0.3) is 0 Å². The number of hydrogen-bond donors (Lipinski definition) is 2. The predicted molar refractivity (Wildman–Crippen MR) is 103 cm³/mol. The molecule has 0 aliphatic carbocycles. The minimum atomic E-state index is -0.888. The number of rotatable bonds is 7. The van der Waals surface area contributed by atoms with Crippen molar-refractivity contribution < 1.29 is 23.9 Å². The molecule has 4 amide bonds. The first-order chi connectivity index (χ1) is 13.5. The first-order valence-corrected chi connectivity index (χ1v) is 9.81. The summed E-state index contributed by atoms with van der Waals surface area (Å²) in [5, 5.41) is 4.98. The molecule has 2 saturated heterocycles. The van der Waals surface area contributed by atoms with E-state index in [0.717, 1.165) is 12.8 Å². The van der Waals surface area contributed by atoms with Crippen molar-refractivity contribution in [3.63, 3.8) is 0 Å². The van der Waals surface area contributed by atoms with E-state index in [9.17, 15) is 14.4 Å². The Kier molecular flexibility index (Phi) is 6.06. The lowest BCUT2D eigenvalue weighted by molar-refractivity contribution is -0.125. The maximum absolute atomic E-state index is 12.9.